The van der Waals surface area contributed by atoms with Crippen molar-refractivity contribution in [1.29, 1.82) is 0 Å². The van der Waals surface area contributed by atoms with Crippen LogP contribution in [0, 0.1) is 13.3 Å². The van der Waals surface area contributed by atoms with E-state index in [0.717, 1.165) is 0 Å². The number of hydrogen-bond donors (Lipinski definition) is 0. The van der Waals surface area contributed by atoms with E-state index >= 15 is 0 Å². The molecule has 0 aliphatic rings. The number of aryl methyl sites for hydroxylation is 1. The Bertz CT molecular complexity index is 1100. The van der Waals surface area contributed by atoms with Gasteiger partial charge in [-0.15, -0.1) is 69.6 Å². The van der Waals surface area contributed by atoms with E-state index in [4.69, 9.17) is 0 Å². The fourth-order valence-electron chi connectivity index (χ4n) is 3.34. The summed E-state index contributed by atoms with van der Waals surface area (Å²) >= 11 is 0. The van der Waals surface area contributed by atoms with E-state index in [1.165, 1.54) is 48.1 Å². The summed E-state index contributed by atoms with van der Waals surface area (Å²) in [5, 5.41) is 5.35. The maximum absolute atomic E-state index is 4.53. The van der Waals surface area contributed by atoms with Gasteiger partial charge in [0.25, 0.3) is 0 Å². The molecule has 0 atom stereocenters. The predicted molar refractivity (Wildman–Crippen MR) is 140 cm³/mol. The van der Waals surface area contributed by atoms with Gasteiger partial charge in [-0.2, -0.15) is 32.0 Å². The molecule has 0 aliphatic heterocycles. The summed E-state index contributed by atoms with van der Waals surface area (Å²) in [7, 11) is 1.36. The van der Waals surface area contributed by atoms with Crippen molar-refractivity contribution >= 4 is 37.6 Å². The van der Waals surface area contributed by atoms with Crippen molar-refractivity contribution < 1.29 is 26.2 Å². The molecular formula is C29H30SiZr. The van der Waals surface area contributed by atoms with E-state index < -0.39 is 0 Å². The van der Waals surface area contributed by atoms with Crippen molar-refractivity contribution in [2.24, 2.45) is 0 Å². The summed E-state index contributed by atoms with van der Waals surface area (Å²) in [6.45, 7) is 6.12. The maximum atomic E-state index is 4.53. The molecule has 0 saturated heterocycles. The van der Waals surface area contributed by atoms with Gasteiger partial charge in [0.15, 0.2) is 0 Å². The van der Waals surface area contributed by atoms with Crippen LogP contribution in [0.25, 0.3) is 32.7 Å². The summed E-state index contributed by atoms with van der Waals surface area (Å²) in [6.07, 6.45) is 6.53. The van der Waals surface area contributed by atoms with Gasteiger partial charge in [0.05, 0.1) is 0 Å². The Hall–Kier alpha value is -2.15. The van der Waals surface area contributed by atoms with Crippen LogP contribution in [0.5, 0.6) is 0 Å². The molecule has 0 spiro atoms. The topological polar surface area (TPSA) is 0 Å². The van der Waals surface area contributed by atoms with E-state index in [9.17, 15) is 0 Å². The molecular weight excluding hydrogens is 468 g/mol. The normalized spacial score (nSPS) is 9.26. The summed E-state index contributed by atoms with van der Waals surface area (Å²) in [5.74, 6) is 0. The molecule has 0 radical (unpaired) electrons. The summed E-state index contributed by atoms with van der Waals surface area (Å²) < 4.78 is 0. The summed E-state index contributed by atoms with van der Waals surface area (Å²) in [4.78, 5) is 0. The second-order valence-corrected chi connectivity index (χ2v) is 6.94. The molecule has 31 heavy (non-hydrogen) atoms. The molecule has 0 bridgehead atoms. The van der Waals surface area contributed by atoms with Gasteiger partial charge >= 0.3 is 26.2 Å². The zero-order chi connectivity index (χ0) is 21.8. The third-order valence-corrected chi connectivity index (χ3v) is 4.53. The summed E-state index contributed by atoms with van der Waals surface area (Å²) in [5.41, 5.74) is 3.95. The van der Waals surface area contributed by atoms with Gasteiger partial charge in [-0.3, -0.25) is 0 Å². The number of benzene rings is 3. The first kappa shape index (κ1) is 26.9. The van der Waals surface area contributed by atoms with Crippen LogP contribution in [0.2, 0.25) is 0 Å². The number of rotatable bonds is 1. The van der Waals surface area contributed by atoms with Crippen LogP contribution >= 0.6 is 0 Å². The molecule has 0 unspecified atom stereocenters. The molecule has 0 N–H and O–H groups in total. The standard InChI is InChI=1S/C15H11.C10H9.C3H7.CH3Si.Zr/c1-2-6-12(7-3-1)14-10-4-8-13-9-5-11-15(13)14;1-8-6-9-4-2-3-5-10(9)7-8;1-3-2;1-2;/h1-11H;2-7H,1H3;3H,1-2H3;1H,2H2;/q4*-1;+4. The van der Waals surface area contributed by atoms with Gasteiger partial charge in [-0.05, 0) is 5.56 Å². The van der Waals surface area contributed by atoms with Crippen LogP contribution in [-0.4, -0.2) is 16.0 Å². The van der Waals surface area contributed by atoms with Gasteiger partial charge in [-0.25, -0.2) is 9.85 Å². The van der Waals surface area contributed by atoms with Gasteiger partial charge in [-0.1, -0.05) is 55.0 Å². The molecule has 0 aromatic heterocycles. The molecule has 0 amide bonds. The third kappa shape index (κ3) is 7.80. The van der Waals surface area contributed by atoms with Gasteiger partial charge in [0.1, 0.15) is 0 Å². The van der Waals surface area contributed by atoms with Crippen LogP contribution < -0.4 is 0 Å². The molecule has 0 nitrogen and oxygen atoms in total. The minimum atomic E-state index is 0. The first-order valence-corrected chi connectivity index (χ1v) is 11.0. The number of fused-ring (bicyclic) bond motifs is 2. The van der Waals surface area contributed by atoms with Crippen molar-refractivity contribution in [2.45, 2.75) is 20.8 Å². The van der Waals surface area contributed by atoms with E-state index in [1.54, 1.807) is 0 Å². The quantitative estimate of drug-likeness (QED) is 0.169. The smallest absolute Gasteiger partial charge is 0.533 e. The zero-order valence-electron chi connectivity index (χ0n) is 18.7. The van der Waals surface area contributed by atoms with Gasteiger partial charge < -0.3 is 12.6 Å². The Morgan fingerprint density at radius 3 is 2.06 bits per heavy atom. The van der Waals surface area contributed by atoms with Crippen LogP contribution in [0.1, 0.15) is 19.4 Å². The average Bonchev–Trinajstić information content (AvgIpc) is 3.42. The van der Waals surface area contributed by atoms with Crippen molar-refractivity contribution in [3.05, 3.63) is 115 Å². The van der Waals surface area contributed by atoms with Crippen LogP contribution in [0.3, 0.4) is 0 Å². The first-order chi connectivity index (χ1) is 14.7. The second-order valence-electron chi connectivity index (χ2n) is 6.94. The minimum absolute atomic E-state index is 0. The van der Waals surface area contributed by atoms with E-state index in [1.807, 2.05) is 20.3 Å². The molecule has 5 aromatic rings. The Morgan fingerprint density at radius 1 is 0.774 bits per heavy atom. The molecule has 0 heterocycles. The minimum Gasteiger partial charge on any atom is -0.533 e. The van der Waals surface area contributed by atoms with Crippen LogP contribution in [0.4, 0.5) is 0 Å². The second kappa shape index (κ2) is 14.8. The fraction of sp³-hybridized carbons (Fsp3) is 0.103. The van der Waals surface area contributed by atoms with Crippen molar-refractivity contribution in [2.75, 3.05) is 0 Å². The Kier molecular flexibility index (Phi) is 12.8. The largest absolute Gasteiger partial charge is 4.00 e. The van der Waals surface area contributed by atoms with E-state index in [-0.39, 0.29) is 26.2 Å². The predicted octanol–water partition coefficient (Wildman–Crippen LogP) is 7.25. The monoisotopic (exact) mass is 496 g/mol. The zero-order valence-corrected chi connectivity index (χ0v) is 22.5. The van der Waals surface area contributed by atoms with Gasteiger partial charge in [0.2, 0.25) is 0 Å². The average molecular weight is 498 g/mol. The molecule has 2 heteroatoms. The molecule has 154 valence electrons. The molecule has 0 fully saturated rings. The Balaban J connectivity index is 0.000000262. The SMILES string of the molecule is C[CH-]C.Cc1cc2ccccc2[cH-]1.[CH-]=[SiH2].[Zr+4].c1ccc(-c2cccc3[cH-]ccc23)cc1. The van der Waals surface area contributed by atoms with Crippen molar-refractivity contribution in [3.8, 4) is 11.1 Å². The number of hydrogen-bond acceptors (Lipinski definition) is 0. The summed E-state index contributed by atoms with van der Waals surface area (Å²) in [6, 6.07) is 36.2. The van der Waals surface area contributed by atoms with E-state index in [2.05, 4.69) is 116 Å². The van der Waals surface area contributed by atoms with Crippen LogP contribution in [0.15, 0.2) is 103 Å². The molecule has 0 aliphatic carbocycles. The van der Waals surface area contributed by atoms with Crippen LogP contribution in [-0.2, 0) is 26.2 Å². The van der Waals surface area contributed by atoms with Gasteiger partial charge in [0, 0.05) is 0 Å². The maximum Gasteiger partial charge on any atom is 4.00 e. The van der Waals surface area contributed by atoms with Crippen molar-refractivity contribution in [1.82, 2.24) is 0 Å². The first-order valence-electron chi connectivity index (χ1n) is 10.2. The molecule has 5 rings (SSSR count). The third-order valence-electron chi connectivity index (χ3n) is 4.53. The fourth-order valence-corrected chi connectivity index (χ4v) is 3.34. The Labute approximate surface area is 209 Å². The molecule has 5 aromatic carbocycles. The van der Waals surface area contributed by atoms with E-state index in [0.29, 0.717) is 0 Å². The molecule has 0 saturated carbocycles. The van der Waals surface area contributed by atoms with Crippen molar-refractivity contribution in [3.63, 3.8) is 0 Å². The Morgan fingerprint density at radius 2 is 1.39 bits per heavy atom.